The third kappa shape index (κ3) is 2.49. The second-order valence-corrected chi connectivity index (χ2v) is 10.00. The Morgan fingerprint density at radius 2 is 1.74 bits per heavy atom. The Kier molecular flexibility index (Phi) is 3.36. The average Bonchev–Trinajstić information content (AvgIpc) is 2.99. The van der Waals surface area contributed by atoms with Crippen molar-refractivity contribution in [3.8, 4) is 0 Å². The minimum atomic E-state index is -0.721. The van der Waals surface area contributed by atoms with Gasteiger partial charge < -0.3 is 10.1 Å². The Balaban J connectivity index is 1.39. The van der Waals surface area contributed by atoms with Gasteiger partial charge in [0.15, 0.2) is 0 Å². The van der Waals surface area contributed by atoms with E-state index in [1.54, 1.807) is 0 Å². The molecule has 0 radical (unpaired) electrons. The Morgan fingerprint density at radius 1 is 1.07 bits per heavy atom. The molecule has 5 aliphatic rings. The number of hydrogen-bond donors (Lipinski definition) is 3. The summed E-state index contributed by atoms with van der Waals surface area (Å²) in [4.78, 5) is 15.5. The molecule has 2 aromatic rings. The molecule has 142 valence electrons. The maximum atomic E-state index is 11.9. The van der Waals surface area contributed by atoms with E-state index >= 15 is 0 Å². The Bertz CT molecular complexity index is 879. The average molecular weight is 364 g/mol. The van der Waals surface area contributed by atoms with Crippen molar-refractivity contribution in [2.75, 3.05) is 0 Å². The summed E-state index contributed by atoms with van der Waals surface area (Å²) in [5, 5.41) is 14.5. The fourth-order valence-electron chi connectivity index (χ4n) is 7.62. The van der Waals surface area contributed by atoms with Crippen LogP contribution in [0.5, 0.6) is 0 Å². The smallest absolute Gasteiger partial charge is 0.321 e. The molecule has 4 aliphatic carbocycles. The number of H-pyrrole nitrogens is 1. The van der Waals surface area contributed by atoms with Crippen LogP contribution in [0, 0.1) is 23.2 Å². The summed E-state index contributed by atoms with van der Waals surface area (Å²) < 4.78 is 0. The molecular weight excluding hydrogens is 336 g/mol. The Labute approximate surface area is 159 Å². The topological polar surface area (TPSA) is 65.1 Å². The fraction of sp³-hybridized carbons (Fsp3) is 0.609. The van der Waals surface area contributed by atoms with Crippen LogP contribution in [0.25, 0.3) is 10.9 Å². The van der Waals surface area contributed by atoms with Gasteiger partial charge in [-0.3, -0.25) is 10.1 Å². The zero-order valence-corrected chi connectivity index (χ0v) is 15.7. The van der Waals surface area contributed by atoms with Crippen molar-refractivity contribution in [3.63, 3.8) is 0 Å². The third-order valence-electron chi connectivity index (χ3n) is 8.11. The van der Waals surface area contributed by atoms with Crippen molar-refractivity contribution < 1.29 is 9.90 Å². The molecule has 0 amide bonds. The molecule has 1 aliphatic heterocycles. The van der Waals surface area contributed by atoms with Crippen LogP contribution in [0.3, 0.4) is 0 Å². The molecule has 7 rings (SSSR count). The summed E-state index contributed by atoms with van der Waals surface area (Å²) in [7, 11) is 0. The van der Waals surface area contributed by atoms with Crippen molar-refractivity contribution in [1.82, 2.24) is 10.3 Å². The number of para-hydroxylation sites is 1. The van der Waals surface area contributed by atoms with Crippen LogP contribution >= 0.6 is 0 Å². The fourth-order valence-corrected chi connectivity index (χ4v) is 7.62. The van der Waals surface area contributed by atoms with Gasteiger partial charge in [0.25, 0.3) is 0 Å². The SMILES string of the molecule is O=C(O)C1Cc2c([nH]c3ccccc23)C(CC23CC4CC(CC(C4)C2)C3)N1. The van der Waals surface area contributed by atoms with Gasteiger partial charge in [0.1, 0.15) is 6.04 Å². The van der Waals surface area contributed by atoms with E-state index in [1.165, 1.54) is 55.2 Å². The Morgan fingerprint density at radius 3 is 2.41 bits per heavy atom. The van der Waals surface area contributed by atoms with Crippen molar-refractivity contribution in [2.45, 2.75) is 63.5 Å². The summed E-state index contributed by atoms with van der Waals surface area (Å²) in [6.07, 6.45) is 10.1. The first-order valence-electron chi connectivity index (χ1n) is 10.7. The van der Waals surface area contributed by atoms with Crippen LogP contribution in [0.2, 0.25) is 0 Å². The lowest BCUT2D eigenvalue weighted by Crippen LogP contribution is -2.50. The van der Waals surface area contributed by atoms with Gasteiger partial charge in [-0.25, -0.2) is 0 Å². The van der Waals surface area contributed by atoms with E-state index in [0.717, 1.165) is 29.7 Å². The lowest BCUT2D eigenvalue weighted by atomic mass is 9.48. The number of fused-ring (bicyclic) bond motifs is 3. The molecule has 27 heavy (non-hydrogen) atoms. The summed E-state index contributed by atoms with van der Waals surface area (Å²) in [5.74, 6) is 2.06. The van der Waals surface area contributed by atoms with Gasteiger partial charge >= 0.3 is 5.97 Å². The highest BCUT2D eigenvalue weighted by Gasteiger charge is 2.52. The Hall–Kier alpha value is -1.81. The highest BCUT2D eigenvalue weighted by atomic mass is 16.4. The first kappa shape index (κ1) is 16.2. The van der Waals surface area contributed by atoms with E-state index in [4.69, 9.17) is 0 Å². The molecule has 2 atom stereocenters. The number of nitrogens with one attached hydrogen (secondary N) is 2. The standard InChI is InChI=1S/C23H28N2O2/c26-22(27)19-8-17-16-3-1-2-4-18(16)25-21(17)20(24-19)12-23-9-13-5-14(10-23)7-15(6-13)11-23/h1-4,13-15,19-20,24-25H,5-12H2,(H,26,27). The molecule has 2 heterocycles. The van der Waals surface area contributed by atoms with Gasteiger partial charge in [-0.15, -0.1) is 0 Å². The molecular formula is C23H28N2O2. The van der Waals surface area contributed by atoms with E-state index < -0.39 is 12.0 Å². The highest BCUT2D eigenvalue weighted by Crippen LogP contribution is 2.62. The number of carboxylic acids is 1. The molecule has 4 fully saturated rings. The minimum Gasteiger partial charge on any atom is -0.480 e. The maximum Gasteiger partial charge on any atom is 0.321 e. The lowest BCUT2D eigenvalue weighted by molar-refractivity contribution is -0.140. The van der Waals surface area contributed by atoms with Crippen LogP contribution in [-0.2, 0) is 11.2 Å². The summed E-state index contributed by atoms with van der Waals surface area (Å²) in [6, 6.07) is 8.03. The summed E-state index contributed by atoms with van der Waals surface area (Å²) >= 11 is 0. The molecule has 4 saturated carbocycles. The molecule has 4 bridgehead atoms. The predicted molar refractivity (Wildman–Crippen MR) is 105 cm³/mol. The van der Waals surface area contributed by atoms with Crippen molar-refractivity contribution in [3.05, 3.63) is 35.5 Å². The van der Waals surface area contributed by atoms with E-state index in [2.05, 4.69) is 34.6 Å². The monoisotopic (exact) mass is 364 g/mol. The molecule has 2 unspecified atom stereocenters. The zero-order valence-electron chi connectivity index (χ0n) is 15.7. The zero-order chi connectivity index (χ0) is 18.2. The predicted octanol–water partition coefficient (Wildman–Crippen LogP) is 4.41. The molecule has 4 heteroatoms. The largest absolute Gasteiger partial charge is 0.480 e. The van der Waals surface area contributed by atoms with E-state index in [0.29, 0.717) is 11.8 Å². The quantitative estimate of drug-likeness (QED) is 0.756. The second kappa shape index (κ2) is 5.60. The van der Waals surface area contributed by atoms with E-state index in [1.807, 2.05) is 0 Å². The number of rotatable bonds is 3. The van der Waals surface area contributed by atoms with Crippen LogP contribution < -0.4 is 5.32 Å². The van der Waals surface area contributed by atoms with Gasteiger partial charge in [-0.1, -0.05) is 18.2 Å². The summed E-state index contributed by atoms with van der Waals surface area (Å²) in [5.41, 5.74) is 4.06. The molecule has 0 spiro atoms. The number of aromatic amines is 1. The first-order chi connectivity index (χ1) is 13.1. The number of aromatic nitrogens is 1. The maximum absolute atomic E-state index is 11.9. The molecule has 4 nitrogen and oxygen atoms in total. The molecule has 1 aromatic carbocycles. The van der Waals surface area contributed by atoms with E-state index in [9.17, 15) is 9.90 Å². The van der Waals surface area contributed by atoms with Crippen molar-refractivity contribution in [1.29, 1.82) is 0 Å². The number of hydrogen-bond acceptors (Lipinski definition) is 2. The van der Waals surface area contributed by atoms with Crippen LogP contribution in [-0.4, -0.2) is 22.1 Å². The van der Waals surface area contributed by atoms with Crippen LogP contribution in [0.4, 0.5) is 0 Å². The van der Waals surface area contributed by atoms with Crippen LogP contribution in [0.1, 0.15) is 62.2 Å². The lowest BCUT2D eigenvalue weighted by Gasteiger charge is -2.58. The van der Waals surface area contributed by atoms with Crippen LogP contribution in [0.15, 0.2) is 24.3 Å². The molecule has 1 aromatic heterocycles. The van der Waals surface area contributed by atoms with Crippen molar-refractivity contribution in [2.24, 2.45) is 23.2 Å². The van der Waals surface area contributed by atoms with Gasteiger partial charge in [-0.05, 0) is 79.7 Å². The van der Waals surface area contributed by atoms with Crippen molar-refractivity contribution >= 4 is 16.9 Å². The second-order valence-electron chi connectivity index (χ2n) is 10.00. The number of carbonyl (C=O) groups is 1. The van der Waals surface area contributed by atoms with Gasteiger partial charge in [0.05, 0.1) is 0 Å². The minimum absolute atomic E-state index is 0.137. The third-order valence-corrected chi connectivity index (χ3v) is 8.11. The van der Waals surface area contributed by atoms with Gasteiger partial charge in [0.2, 0.25) is 0 Å². The summed E-state index contributed by atoms with van der Waals surface area (Å²) in [6.45, 7) is 0. The van der Waals surface area contributed by atoms with E-state index in [-0.39, 0.29) is 6.04 Å². The number of carboxylic acid groups (broad SMARTS) is 1. The first-order valence-corrected chi connectivity index (χ1v) is 10.7. The van der Waals surface area contributed by atoms with Gasteiger partial charge in [0, 0.05) is 29.1 Å². The van der Waals surface area contributed by atoms with Gasteiger partial charge in [-0.2, -0.15) is 0 Å². The number of benzene rings is 1. The number of aliphatic carboxylic acids is 1. The highest BCUT2D eigenvalue weighted by molar-refractivity contribution is 5.86. The molecule has 3 N–H and O–H groups in total. The molecule has 0 saturated heterocycles. The normalized spacial score (nSPS) is 39.6.